The molecule has 5 nitrogen and oxygen atoms in total. The van der Waals surface area contributed by atoms with Crippen LogP contribution in [0, 0.1) is 22.7 Å². The zero-order chi connectivity index (χ0) is 14.3. The number of hydrogen-bond donors (Lipinski definition) is 2. The highest BCUT2D eigenvalue weighted by molar-refractivity contribution is 6.33. The molecule has 1 aromatic carbocycles. The van der Waals surface area contributed by atoms with Crippen LogP contribution in [0.5, 0.6) is 0 Å². The standard InChI is InChI=1S/C13H13ClN4O/c1-2-10(5-6-15)17-13(19)18-12-7-9(8-16)3-4-11(12)14/h3-4,7,10H,2,5H2,1H3,(H2,17,18,19)/t10-/m0/s1. The van der Waals surface area contributed by atoms with Crippen molar-refractivity contribution in [2.24, 2.45) is 0 Å². The van der Waals surface area contributed by atoms with E-state index in [-0.39, 0.29) is 12.5 Å². The van der Waals surface area contributed by atoms with Gasteiger partial charge in [0.1, 0.15) is 0 Å². The summed E-state index contributed by atoms with van der Waals surface area (Å²) in [6, 6.07) is 7.92. The lowest BCUT2D eigenvalue weighted by Crippen LogP contribution is -2.37. The molecule has 0 aliphatic rings. The Balaban J connectivity index is 2.72. The molecule has 0 aliphatic heterocycles. The summed E-state index contributed by atoms with van der Waals surface area (Å²) in [5, 5.41) is 23.0. The van der Waals surface area contributed by atoms with E-state index in [0.717, 1.165) is 0 Å². The second-order valence-corrected chi connectivity index (χ2v) is 4.28. The van der Waals surface area contributed by atoms with Crippen LogP contribution in [0.1, 0.15) is 25.3 Å². The van der Waals surface area contributed by atoms with E-state index in [1.165, 1.54) is 6.07 Å². The van der Waals surface area contributed by atoms with E-state index >= 15 is 0 Å². The fourth-order valence-electron chi connectivity index (χ4n) is 1.44. The largest absolute Gasteiger partial charge is 0.334 e. The average Bonchev–Trinajstić information content (AvgIpc) is 2.40. The minimum Gasteiger partial charge on any atom is -0.334 e. The topological polar surface area (TPSA) is 88.7 Å². The summed E-state index contributed by atoms with van der Waals surface area (Å²) >= 11 is 5.92. The second kappa shape index (κ2) is 7.25. The van der Waals surface area contributed by atoms with Crippen molar-refractivity contribution in [3.63, 3.8) is 0 Å². The normalized spacial score (nSPS) is 10.9. The SMILES string of the molecule is CC[C@@H](CC#N)NC(=O)Nc1cc(C#N)ccc1Cl. The van der Waals surface area contributed by atoms with Gasteiger partial charge in [0.05, 0.1) is 34.8 Å². The van der Waals surface area contributed by atoms with Crippen LogP contribution >= 0.6 is 11.6 Å². The van der Waals surface area contributed by atoms with Crippen molar-refractivity contribution >= 4 is 23.3 Å². The molecule has 0 fully saturated rings. The van der Waals surface area contributed by atoms with Crippen LogP contribution in [0.15, 0.2) is 18.2 Å². The minimum atomic E-state index is -0.445. The fraction of sp³-hybridized carbons (Fsp3) is 0.308. The average molecular weight is 277 g/mol. The quantitative estimate of drug-likeness (QED) is 0.886. The summed E-state index contributed by atoms with van der Waals surface area (Å²) in [5.41, 5.74) is 0.772. The maximum absolute atomic E-state index is 11.7. The summed E-state index contributed by atoms with van der Waals surface area (Å²) in [4.78, 5) is 11.7. The van der Waals surface area contributed by atoms with Crippen LogP contribution in [0.25, 0.3) is 0 Å². The lowest BCUT2D eigenvalue weighted by Gasteiger charge is -2.15. The summed E-state index contributed by atoms with van der Waals surface area (Å²) in [6.07, 6.45) is 0.906. The second-order valence-electron chi connectivity index (χ2n) is 3.87. The number of halogens is 1. The Morgan fingerprint density at radius 2 is 2.21 bits per heavy atom. The molecular formula is C13H13ClN4O. The molecule has 1 aromatic rings. The van der Waals surface area contributed by atoms with Gasteiger partial charge in [0.25, 0.3) is 0 Å². The van der Waals surface area contributed by atoms with Crippen molar-refractivity contribution in [1.29, 1.82) is 10.5 Å². The molecule has 0 spiro atoms. The van der Waals surface area contributed by atoms with Gasteiger partial charge >= 0.3 is 6.03 Å². The van der Waals surface area contributed by atoms with E-state index in [2.05, 4.69) is 10.6 Å². The van der Waals surface area contributed by atoms with Crippen molar-refractivity contribution in [3.05, 3.63) is 28.8 Å². The third-order valence-electron chi connectivity index (χ3n) is 2.51. The van der Waals surface area contributed by atoms with Crippen LogP contribution < -0.4 is 10.6 Å². The van der Waals surface area contributed by atoms with Crippen LogP contribution in [0.4, 0.5) is 10.5 Å². The number of carbonyl (C=O) groups excluding carboxylic acids is 1. The Morgan fingerprint density at radius 3 is 2.79 bits per heavy atom. The van der Waals surface area contributed by atoms with Gasteiger partial charge in [-0.2, -0.15) is 10.5 Å². The molecule has 0 saturated carbocycles. The molecule has 19 heavy (non-hydrogen) atoms. The van der Waals surface area contributed by atoms with E-state index in [1.807, 2.05) is 19.1 Å². The Kier molecular flexibility index (Phi) is 5.66. The number of benzene rings is 1. The summed E-state index contributed by atoms with van der Waals surface area (Å²) in [6.45, 7) is 1.88. The number of carbonyl (C=O) groups is 1. The van der Waals surface area contributed by atoms with Gasteiger partial charge in [-0.15, -0.1) is 0 Å². The molecule has 6 heteroatoms. The number of urea groups is 1. The van der Waals surface area contributed by atoms with E-state index in [9.17, 15) is 4.79 Å². The zero-order valence-electron chi connectivity index (χ0n) is 10.4. The number of nitrogens with one attached hydrogen (secondary N) is 2. The summed E-state index contributed by atoms with van der Waals surface area (Å²) < 4.78 is 0. The molecule has 0 unspecified atom stereocenters. The van der Waals surface area contributed by atoms with Gasteiger partial charge in [0.2, 0.25) is 0 Å². The van der Waals surface area contributed by atoms with Gasteiger partial charge in [-0.3, -0.25) is 0 Å². The van der Waals surface area contributed by atoms with Gasteiger partial charge in [0, 0.05) is 6.04 Å². The van der Waals surface area contributed by atoms with Crippen molar-refractivity contribution in [3.8, 4) is 12.1 Å². The minimum absolute atomic E-state index is 0.206. The maximum Gasteiger partial charge on any atom is 0.319 e. The molecule has 2 N–H and O–H groups in total. The van der Waals surface area contributed by atoms with Crippen LogP contribution in [-0.2, 0) is 0 Å². The number of anilines is 1. The van der Waals surface area contributed by atoms with Gasteiger partial charge in [0.15, 0.2) is 0 Å². The molecule has 0 saturated heterocycles. The highest BCUT2D eigenvalue weighted by Crippen LogP contribution is 2.22. The Morgan fingerprint density at radius 1 is 1.47 bits per heavy atom. The van der Waals surface area contributed by atoms with E-state index in [4.69, 9.17) is 22.1 Å². The van der Waals surface area contributed by atoms with Gasteiger partial charge in [-0.05, 0) is 24.6 Å². The monoisotopic (exact) mass is 276 g/mol. The van der Waals surface area contributed by atoms with Crippen LogP contribution in [0.2, 0.25) is 5.02 Å². The third-order valence-corrected chi connectivity index (χ3v) is 2.84. The zero-order valence-corrected chi connectivity index (χ0v) is 11.2. The molecule has 0 radical (unpaired) electrons. The van der Waals surface area contributed by atoms with Crippen LogP contribution in [-0.4, -0.2) is 12.1 Å². The number of amides is 2. The number of rotatable bonds is 4. The van der Waals surface area contributed by atoms with Gasteiger partial charge in [-0.1, -0.05) is 18.5 Å². The lowest BCUT2D eigenvalue weighted by molar-refractivity contribution is 0.248. The first-order chi connectivity index (χ1) is 9.10. The number of hydrogen-bond acceptors (Lipinski definition) is 3. The first-order valence-corrected chi connectivity index (χ1v) is 6.12. The number of nitriles is 2. The third kappa shape index (κ3) is 4.50. The fourth-order valence-corrected chi connectivity index (χ4v) is 1.61. The molecule has 0 aliphatic carbocycles. The molecule has 0 bridgehead atoms. The van der Waals surface area contributed by atoms with Crippen LogP contribution in [0.3, 0.4) is 0 Å². The van der Waals surface area contributed by atoms with E-state index < -0.39 is 6.03 Å². The summed E-state index contributed by atoms with van der Waals surface area (Å²) in [5.74, 6) is 0. The molecule has 0 aromatic heterocycles. The Bertz CT molecular complexity index is 545. The highest BCUT2D eigenvalue weighted by Gasteiger charge is 2.11. The first kappa shape index (κ1) is 14.8. The van der Waals surface area contributed by atoms with Gasteiger partial charge < -0.3 is 10.6 Å². The van der Waals surface area contributed by atoms with Crippen molar-refractivity contribution in [1.82, 2.24) is 5.32 Å². The lowest BCUT2D eigenvalue weighted by atomic mass is 10.2. The smallest absolute Gasteiger partial charge is 0.319 e. The molecule has 98 valence electrons. The predicted octanol–water partition coefficient (Wildman–Crippen LogP) is 3.03. The van der Waals surface area contributed by atoms with E-state index in [0.29, 0.717) is 22.7 Å². The van der Waals surface area contributed by atoms with E-state index in [1.54, 1.807) is 12.1 Å². The highest BCUT2D eigenvalue weighted by atomic mass is 35.5. The number of nitrogens with zero attached hydrogens (tertiary/aromatic N) is 2. The molecular weight excluding hydrogens is 264 g/mol. The molecule has 1 atom stereocenters. The molecule has 2 amide bonds. The van der Waals surface area contributed by atoms with Gasteiger partial charge in [-0.25, -0.2) is 4.79 Å². The Labute approximate surface area is 116 Å². The summed E-state index contributed by atoms with van der Waals surface area (Å²) in [7, 11) is 0. The van der Waals surface area contributed by atoms with Crippen molar-refractivity contribution in [2.45, 2.75) is 25.8 Å². The Hall–Kier alpha value is -2.24. The first-order valence-electron chi connectivity index (χ1n) is 5.74. The molecule has 1 rings (SSSR count). The maximum atomic E-state index is 11.7. The molecule has 0 heterocycles. The van der Waals surface area contributed by atoms with Crippen molar-refractivity contribution in [2.75, 3.05) is 5.32 Å². The van der Waals surface area contributed by atoms with Crippen molar-refractivity contribution < 1.29 is 4.79 Å². The predicted molar refractivity (Wildman–Crippen MR) is 72.6 cm³/mol.